The van der Waals surface area contributed by atoms with Crippen LogP contribution in [0.25, 0.3) is 11.0 Å². The number of hydrogen-bond donors (Lipinski definition) is 1. The van der Waals surface area contributed by atoms with Crippen molar-refractivity contribution in [3.63, 3.8) is 0 Å². The van der Waals surface area contributed by atoms with Gasteiger partial charge in [0.2, 0.25) is 5.95 Å². The Labute approximate surface area is 109 Å². The minimum absolute atomic E-state index is 0.0373. The molecule has 1 heterocycles. The SMILES string of the molecule is CC(C)(C)Cn1c(N)nc2cc(C(F)(F)F)ccc21. The summed E-state index contributed by atoms with van der Waals surface area (Å²) in [6, 6.07) is 3.51. The second-order valence-electron chi connectivity index (χ2n) is 5.82. The summed E-state index contributed by atoms with van der Waals surface area (Å²) in [6.45, 7) is 6.69. The highest BCUT2D eigenvalue weighted by Crippen LogP contribution is 2.32. The Morgan fingerprint density at radius 2 is 1.84 bits per heavy atom. The molecule has 0 atom stereocenters. The monoisotopic (exact) mass is 271 g/mol. The Morgan fingerprint density at radius 3 is 2.37 bits per heavy atom. The van der Waals surface area contributed by atoms with Gasteiger partial charge in [-0.2, -0.15) is 13.2 Å². The quantitative estimate of drug-likeness (QED) is 0.859. The zero-order valence-electron chi connectivity index (χ0n) is 11.0. The fourth-order valence-corrected chi connectivity index (χ4v) is 1.97. The first kappa shape index (κ1) is 13.7. The van der Waals surface area contributed by atoms with Gasteiger partial charge in [0.15, 0.2) is 0 Å². The van der Waals surface area contributed by atoms with E-state index in [1.807, 2.05) is 20.8 Å². The summed E-state index contributed by atoms with van der Waals surface area (Å²) in [5, 5.41) is 0. The lowest BCUT2D eigenvalue weighted by Crippen LogP contribution is -2.17. The summed E-state index contributed by atoms with van der Waals surface area (Å²) in [7, 11) is 0. The molecule has 0 aliphatic rings. The smallest absolute Gasteiger partial charge is 0.369 e. The second kappa shape index (κ2) is 4.15. The number of rotatable bonds is 1. The average molecular weight is 271 g/mol. The van der Waals surface area contributed by atoms with E-state index in [0.29, 0.717) is 12.1 Å². The third-order valence-corrected chi connectivity index (χ3v) is 2.74. The summed E-state index contributed by atoms with van der Waals surface area (Å²) >= 11 is 0. The van der Waals surface area contributed by atoms with Crippen molar-refractivity contribution in [3.8, 4) is 0 Å². The molecule has 0 unspecified atom stereocenters. The van der Waals surface area contributed by atoms with E-state index < -0.39 is 11.7 Å². The second-order valence-corrected chi connectivity index (χ2v) is 5.82. The third kappa shape index (κ3) is 2.83. The molecule has 2 N–H and O–H groups in total. The van der Waals surface area contributed by atoms with Crippen molar-refractivity contribution in [2.75, 3.05) is 5.73 Å². The first-order valence-corrected chi connectivity index (χ1v) is 5.91. The van der Waals surface area contributed by atoms with E-state index in [0.717, 1.165) is 12.1 Å². The molecule has 0 aliphatic heterocycles. The molecule has 2 rings (SSSR count). The lowest BCUT2D eigenvalue weighted by Gasteiger charge is -2.20. The van der Waals surface area contributed by atoms with Crippen LogP contribution in [0.3, 0.4) is 0 Å². The molecule has 0 spiro atoms. The van der Waals surface area contributed by atoms with Gasteiger partial charge in [-0.05, 0) is 23.6 Å². The van der Waals surface area contributed by atoms with E-state index >= 15 is 0 Å². The van der Waals surface area contributed by atoms with Crippen LogP contribution in [0.1, 0.15) is 26.3 Å². The van der Waals surface area contributed by atoms with Crippen LogP contribution in [0, 0.1) is 5.41 Å². The molecule has 0 fully saturated rings. The van der Waals surface area contributed by atoms with E-state index in [4.69, 9.17) is 5.73 Å². The fourth-order valence-electron chi connectivity index (χ4n) is 1.97. The van der Waals surface area contributed by atoms with Crippen LogP contribution in [0.2, 0.25) is 0 Å². The minimum Gasteiger partial charge on any atom is -0.369 e. The van der Waals surface area contributed by atoms with Crippen molar-refractivity contribution in [2.24, 2.45) is 5.41 Å². The van der Waals surface area contributed by atoms with Gasteiger partial charge in [0, 0.05) is 6.54 Å². The van der Waals surface area contributed by atoms with Crippen molar-refractivity contribution in [2.45, 2.75) is 33.5 Å². The summed E-state index contributed by atoms with van der Waals surface area (Å²) in [6.07, 6.45) is -4.36. The molecule has 0 bridgehead atoms. The molecule has 3 nitrogen and oxygen atoms in total. The average Bonchev–Trinajstić information content (AvgIpc) is 2.51. The number of anilines is 1. The number of alkyl halides is 3. The topological polar surface area (TPSA) is 43.8 Å². The molecule has 6 heteroatoms. The van der Waals surface area contributed by atoms with Crippen molar-refractivity contribution in [1.82, 2.24) is 9.55 Å². The lowest BCUT2D eigenvalue weighted by molar-refractivity contribution is -0.137. The van der Waals surface area contributed by atoms with Gasteiger partial charge in [0.1, 0.15) is 0 Å². The maximum Gasteiger partial charge on any atom is 0.416 e. The number of benzene rings is 1. The van der Waals surface area contributed by atoms with Crippen LogP contribution < -0.4 is 5.73 Å². The Balaban J connectivity index is 2.54. The van der Waals surface area contributed by atoms with E-state index in [9.17, 15) is 13.2 Å². The van der Waals surface area contributed by atoms with Gasteiger partial charge in [0.05, 0.1) is 16.6 Å². The summed E-state index contributed by atoms with van der Waals surface area (Å²) in [4.78, 5) is 4.01. The third-order valence-electron chi connectivity index (χ3n) is 2.74. The maximum absolute atomic E-state index is 12.6. The van der Waals surface area contributed by atoms with Gasteiger partial charge in [-0.1, -0.05) is 20.8 Å². The standard InChI is InChI=1S/C13H16F3N3/c1-12(2,3)7-19-10-5-4-8(13(14,15)16)6-9(10)18-11(19)17/h4-6H,7H2,1-3H3,(H2,17,18). The van der Waals surface area contributed by atoms with E-state index in [1.165, 1.54) is 6.07 Å². The van der Waals surface area contributed by atoms with Crippen molar-refractivity contribution < 1.29 is 13.2 Å². The van der Waals surface area contributed by atoms with Crippen LogP contribution in [0.15, 0.2) is 18.2 Å². The number of aromatic nitrogens is 2. The van der Waals surface area contributed by atoms with Crippen LogP contribution in [-0.2, 0) is 12.7 Å². The minimum atomic E-state index is -4.36. The van der Waals surface area contributed by atoms with Crippen LogP contribution in [0.5, 0.6) is 0 Å². The molecule has 0 radical (unpaired) electrons. The van der Waals surface area contributed by atoms with E-state index in [1.54, 1.807) is 4.57 Å². The number of nitrogens with two attached hydrogens (primary N) is 1. The first-order valence-electron chi connectivity index (χ1n) is 5.91. The Kier molecular flexibility index (Phi) is 2.99. The summed E-state index contributed by atoms with van der Waals surface area (Å²) in [5.74, 6) is 0.240. The largest absolute Gasteiger partial charge is 0.416 e. The zero-order valence-corrected chi connectivity index (χ0v) is 11.0. The van der Waals surface area contributed by atoms with Crippen LogP contribution >= 0.6 is 0 Å². The predicted molar refractivity (Wildman–Crippen MR) is 68.6 cm³/mol. The number of imidazole rings is 1. The van der Waals surface area contributed by atoms with Crippen molar-refractivity contribution in [1.29, 1.82) is 0 Å². The highest BCUT2D eigenvalue weighted by Gasteiger charge is 2.31. The van der Waals surface area contributed by atoms with Gasteiger partial charge < -0.3 is 10.3 Å². The Bertz CT molecular complexity index is 606. The number of halogens is 3. The first-order chi connectivity index (χ1) is 8.58. The van der Waals surface area contributed by atoms with Crippen molar-refractivity contribution in [3.05, 3.63) is 23.8 Å². The summed E-state index contributed by atoms with van der Waals surface area (Å²) in [5.41, 5.74) is 5.95. The maximum atomic E-state index is 12.6. The van der Waals surface area contributed by atoms with Gasteiger partial charge in [0.25, 0.3) is 0 Å². The molecule has 0 saturated carbocycles. The zero-order chi connectivity index (χ0) is 14.4. The Hall–Kier alpha value is -1.72. The molecule has 0 amide bonds. The number of fused-ring (bicyclic) bond motifs is 1. The van der Waals surface area contributed by atoms with E-state index in [2.05, 4.69) is 4.98 Å². The van der Waals surface area contributed by atoms with Gasteiger partial charge in [-0.25, -0.2) is 4.98 Å². The fraction of sp³-hybridized carbons (Fsp3) is 0.462. The molecule has 1 aromatic heterocycles. The number of nitrogen functional groups attached to an aromatic ring is 1. The highest BCUT2D eigenvalue weighted by atomic mass is 19.4. The van der Waals surface area contributed by atoms with Gasteiger partial charge in [-0.3, -0.25) is 0 Å². The van der Waals surface area contributed by atoms with Crippen LogP contribution in [0.4, 0.5) is 19.1 Å². The molecular formula is C13H16F3N3. The summed E-state index contributed by atoms with van der Waals surface area (Å²) < 4.78 is 39.6. The number of hydrogen-bond acceptors (Lipinski definition) is 2. The predicted octanol–water partition coefficient (Wildman–Crippen LogP) is 3.68. The highest BCUT2D eigenvalue weighted by molar-refractivity contribution is 5.79. The Morgan fingerprint density at radius 1 is 1.21 bits per heavy atom. The molecular weight excluding hydrogens is 255 g/mol. The molecule has 104 valence electrons. The van der Waals surface area contributed by atoms with Gasteiger partial charge >= 0.3 is 6.18 Å². The molecule has 0 aliphatic carbocycles. The van der Waals surface area contributed by atoms with Gasteiger partial charge in [-0.15, -0.1) is 0 Å². The molecule has 1 aromatic carbocycles. The number of nitrogens with zero attached hydrogens (tertiary/aromatic N) is 2. The van der Waals surface area contributed by atoms with Crippen LogP contribution in [-0.4, -0.2) is 9.55 Å². The molecule has 0 saturated heterocycles. The molecule has 19 heavy (non-hydrogen) atoms. The normalized spacial score (nSPS) is 13.2. The van der Waals surface area contributed by atoms with E-state index in [-0.39, 0.29) is 16.9 Å². The van der Waals surface area contributed by atoms with Crippen molar-refractivity contribution >= 4 is 17.0 Å². The lowest BCUT2D eigenvalue weighted by atomic mass is 9.97. The molecule has 2 aromatic rings.